The van der Waals surface area contributed by atoms with Gasteiger partial charge in [0.2, 0.25) is 0 Å². The maximum absolute atomic E-state index is 4.25. The Labute approximate surface area is 103 Å². The van der Waals surface area contributed by atoms with E-state index in [4.69, 9.17) is 0 Å². The number of aromatic nitrogens is 3. The highest BCUT2D eigenvalue weighted by molar-refractivity contribution is 4.95. The van der Waals surface area contributed by atoms with Crippen LogP contribution in [0.1, 0.15) is 63.1 Å². The average Bonchev–Trinajstić information content (AvgIpc) is 2.74. The molecule has 0 bridgehead atoms. The Morgan fingerprint density at radius 1 is 1.12 bits per heavy atom. The number of hydrogen-bond donors (Lipinski definition) is 1. The summed E-state index contributed by atoms with van der Waals surface area (Å²) in [6, 6.07) is 1.34. The second-order valence-electron chi connectivity index (χ2n) is 5.49. The van der Waals surface area contributed by atoms with Gasteiger partial charge in [0.05, 0.1) is 17.9 Å². The second kappa shape index (κ2) is 5.17. The molecule has 0 saturated heterocycles. The standard InChI is InChI=1S/C13H22N4/c1-2-5-11(6-3-1)14-9-12-10-17(16-15-12)13-7-4-8-13/h10-11,13-14H,1-9H2. The Hall–Kier alpha value is -0.900. The number of nitrogens with one attached hydrogen (secondary N) is 1. The molecule has 1 aromatic rings. The van der Waals surface area contributed by atoms with Gasteiger partial charge in [-0.3, -0.25) is 0 Å². The minimum atomic E-state index is 0.630. The quantitative estimate of drug-likeness (QED) is 0.870. The molecule has 17 heavy (non-hydrogen) atoms. The van der Waals surface area contributed by atoms with Gasteiger partial charge in [-0.2, -0.15) is 0 Å². The van der Waals surface area contributed by atoms with E-state index in [9.17, 15) is 0 Å². The fourth-order valence-corrected chi connectivity index (χ4v) is 2.78. The van der Waals surface area contributed by atoms with Crippen LogP contribution in [0.25, 0.3) is 0 Å². The third-order valence-electron chi connectivity index (χ3n) is 4.18. The molecular formula is C13H22N4. The van der Waals surface area contributed by atoms with E-state index in [1.165, 1.54) is 51.4 Å². The topological polar surface area (TPSA) is 42.7 Å². The van der Waals surface area contributed by atoms with Crippen LogP contribution in [-0.4, -0.2) is 21.0 Å². The summed E-state index contributed by atoms with van der Waals surface area (Å²) >= 11 is 0. The van der Waals surface area contributed by atoms with Crippen molar-refractivity contribution in [2.45, 2.75) is 70.0 Å². The maximum atomic E-state index is 4.25. The summed E-state index contributed by atoms with van der Waals surface area (Å²) in [5, 5.41) is 12.1. The largest absolute Gasteiger partial charge is 0.308 e. The van der Waals surface area contributed by atoms with Crippen LogP contribution >= 0.6 is 0 Å². The molecule has 3 rings (SSSR count). The van der Waals surface area contributed by atoms with Gasteiger partial charge >= 0.3 is 0 Å². The summed E-state index contributed by atoms with van der Waals surface area (Å²) in [7, 11) is 0. The van der Waals surface area contributed by atoms with Gasteiger partial charge in [0, 0.05) is 12.6 Å². The summed E-state index contributed by atoms with van der Waals surface area (Å²) in [4.78, 5) is 0. The van der Waals surface area contributed by atoms with Crippen molar-refractivity contribution in [1.82, 2.24) is 20.3 Å². The van der Waals surface area contributed by atoms with Crippen LogP contribution in [0.15, 0.2) is 6.20 Å². The van der Waals surface area contributed by atoms with Crippen LogP contribution in [0.3, 0.4) is 0 Å². The van der Waals surface area contributed by atoms with Crippen LogP contribution in [0.2, 0.25) is 0 Å². The first-order valence-corrected chi connectivity index (χ1v) is 7.06. The fraction of sp³-hybridized carbons (Fsp3) is 0.846. The van der Waals surface area contributed by atoms with Gasteiger partial charge in [0.1, 0.15) is 0 Å². The van der Waals surface area contributed by atoms with Crippen molar-refractivity contribution in [3.8, 4) is 0 Å². The lowest BCUT2D eigenvalue weighted by Gasteiger charge is -2.24. The molecule has 0 unspecified atom stereocenters. The highest BCUT2D eigenvalue weighted by Crippen LogP contribution is 2.30. The van der Waals surface area contributed by atoms with Gasteiger partial charge < -0.3 is 5.32 Å². The van der Waals surface area contributed by atoms with Gasteiger partial charge in [0.25, 0.3) is 0 Å². The zero-order valence-corrected chi connectivity index (χ0v) is 10.4. The van der Waals surface area contributed by atoms with Crippen LogP contribution in [0, 0.1) is 0 Å². The molecule has 1 N–H and O–H groups in total. The molecule has 0 amide bonds. The number of nitrogens with zero attached hydrogens (tertiary/aromatic N) is 3. The molecule has 2 fully saturated rings. The Kier molecular flexibility index (Phi) is 3.41. The van der Waals surface area contributed by atoms with E-state index in [2.05, 4.69) is 26.5 Å². The summed E-state index contributed by atoms with van der Waals surface area (Å²) in [6.45, 7) is 0.886. The number of hydrogen-bond acceptors (Lipinski definition) is 3. The predicted octanol–water partition coefficient (Wildman–Crippen LogP) is 2.43. The molecule has 0 spiro atoms. The van der Waals surface area contributed by atoms with Crippen molar-refractivity contribution in [2.75, 3.05) is 0 Å². The van der Waals surface area contributed by atoms with E-state index >= 15 is 0 Å². The van der Waals surface area contributed by atoms with Gasteiger partial charge in [-0.1, -0.05) is 24.5 Å². The van der Waals surface area contributed by atoms with Crippen molar-refractivity contribution in [2.24, 2.45) is 0 Å². The number of rotatable bonds is 4. The lowest BCUT2D eigenvalue weighted by Crippen LogP contribution is -2.30. The van der Waals surface area contributed by atoms with Crippen molar-refractivity contribution >= 4 is 0 Å². The van der Waals surface area contributed by atoms with E-state index in [0.717, 1.165) is 12.2 Å². The third-order valence-corrected chi connectivity index (χ3v) is 4.18. The Balaban J connectivity index is 1.48. The first-order valence-electron chi connectivity index (χ1n) is 7.06. The normalized spacial score (nSPS) is 22.6. The molecular weight excluding hydrogens is 212 g/mol. The van der Waals surface area contributed by atoms with Gasteiger partial charge in [-0.15, -0.1) is 5.10 Å². The molecule has 0 aromatic carbocycles. The minimum Gasteiger partial charge on any atom is -0.308 e. The van der Waals surface area contributed by atoms with Crippen molar-refractivity contribution in [3.05, 3.63) is 11.9 Å². The van der Waals surface area contributed by atoms with E-state index in [-0.39, 0.29) is 0 Å². The van der Waals surface area contributed by atoms with E-state index in [1.54, 1.807) is 0 Å². The molecule has 1 heterocycles. The predicted molar refractivity (Wildman–Crippen MR) is 66.6 cm³/mol. The van der Waals surface area contributed by atoms with Crippen molar-refractivity contribution < 1.29 is 0 Å². The second-order valence-corrected chi connectivity index (χ2v) is 5.49. The molecule has 4 nitrogen and oxygen atoms in total. The van der Waals surface area contributed by atoms with Crippen molar-refractivity contribution in [3.63, 3.8) is 0 Å². The first-order chi connectivity index (χ1) is 8.42. The highest BCUT2D eigenvalue weighted by Gasteiger charge is 2.20. The fourth-order valence-electron chi connectivity index (χ4n) is 2.78. The van der Waals surface area contributed by atoms with E-state index in [1.807, 2.05) is 0 Å². The van der Waals surface area contributed by atoms with Crippen LogP contribution in [0.4, 0.5) is 0 Å². The minimum absolute atomic E-state index is 0.630. The average molecular weight is 234 g/mol. The highest BCUT2D eigenvalue weighted by atomic mass is 15.4. The molecule has 2 aliphatic rings. The molecule has 4 heteroatoms. The summed E-state index contributed by atoms with van der Waals surface area (Å²) in [5.74, 6) is 0. The molecule has 94 valence electrons. The van der Waals surface area contributed by atoms with Gasteiger partial charge in [-0.05, 0) is 32.1 Å². The smallest absolute Gasteiger partial charge is 0.0965 e. The maximum Gasteiger partial charge on any atom is 0.0965 e. The lowest BCUT2D eigenvalue weighted by atomic mass is 9.93. The molecule has 1 aromatic heterocycles. The zero-order valence-electron chi connectivity index (χ0n) is 10.4. The summed E-state index contributed by atoms with van der Waals surface area (Å²) in [6.07, 6.45) is 12.9. The molecule has 2 aliphatic carbocycles. The van der Waals surface area contributed by atoms with Crippen molar-refractivity contribution in [1.29, 1.82) is 0 Å². The van der Waals surface area contributed by atoms with E-state index in [0.29, 0.717) is 12.1 Å². The van der Waals surface area contributed by atoms with Gasteiger partial charge in [-0.25, -0.2) is 4.68 Å². The SMILES string of the molecule is c1c(CNC2CCCCC2)nnn1C1CCC1. The monoisotopic (exact) mass is 234 g/mol. The summed E-state index contributed by atoms with van der Waals surface area (Å²) < 4.78 is 2.06. The Morgan fingerprint density at radius 3 is 2.65 bits per heavy atom. The van der Waals surface area contributed by atoms with Gasteiger partial charge in [0.15, 0.2) is 0 Å². The molecule has 2 saturated carbocycles. The Morgan fingerprint density at radius 2 is 1.94 bits per heavy atom. The lowest BCUT2D eigenvalue weighted by molar-refractivity contribution is 0.284. The first kappa shape index (κ1) is 11.2. The Bertz CT molecular complexity index is 350. The zero-order chi connectivity index (χ0) is 11.5. The van der Waals surface area contributed by atoms with Crippen LogP contribution < -0.4 is 5.32 Å². The molecule has 0 radical (unpaired) electrons. The third kappa shape index (κ3) is 2.68. The summed E-state index contributed by atoms with van der Waals surface area (Å²) in [5.41, 5.74) is 1.10. The molecule has 0 aliphatic heterocycles. The van der Waals surface area contributed by atoms with E-state index < -0.39 is 0 Å². The van der Waals surface area contributed by atoms with Crippen LogP contribution in [-0.2, 0) is 6.54 Å². The van der Waals surface area contributed by atoms with Crippen LogP contribution in [0.5, 0.6) is 0 Å². The molecule has 0 atom stereocenters.